The van der Waals surface area contributed by atoms with Gasteiger partial charge in [0.15, 0.2) is 5.13 Å². The molecule has 1 saturated heterocycles. The lowest BCUT2D eigenvalue weighted by Gasteiger charge is -2.29. The lowest BCUT2D eigenvalue weighted by Crippen LogP contribution is -2.36. The molecule has 218 valence electrons. The SMILES string of the molecule is Cc1ccc(OCc2ccc(-c3ccc(C#N)cc3)cc2C)c(-c2csc(N3CCC(C(=O)O)CC3)n2)c1.NCCO. The maximum absolute atomic E-state index is 11.3. The minimum atomic E-state index is -0.704. The molecule has 4 aromatic rings. The van der Waals surface area contributed by atoms with Crippen LogP contribution in [0.4, 0.5) is 5.13 Å². The number of nitrogens with two attached hydrogens (primary N) is 1. The van der Waals surface area contributed by atoms with Gasteiger partial charge in [0.05, 0.1) is 29.9 Å². The van der Waals surface area contributed by atoms with Crippen molar-refractivity contribution >= 4 is 22.4 Å². The number of carboxylic acid groups (broad SMARTS) is 1. The molecule has 0 amide bonds. The molecule has 0 saturated carbocycles. The fourth-order valence-corrected chi connectivity index (χ4v) is 5.63. The van der Waals surface area contributed by atoms with Crippen LogP contribution in [0.1, 0.15) is 35.1 Å². The van der Waals surface area contributed by atoms with Gasteiger partial charge in [0.2, 0.25) is 0 Å². The number of aliphatic carboxylic acids is 1. The molecular weight excluding hydrogens is 548 g/mol. The van der Waals surface area contributed by atoms with Crippen LogP contribution in [0.25, 0.3) is 22.4 Å². The Bertz CT molecular complexity index is 1530. The van der Waals surface area contributed by atoms with Crippen molar-refractivity contribution < 1.29 is 19.7 Å². The summed E-state index contributed by atoms with van der Waals surface area (Å²) in [6.07, 6.45) is 1.29. The molecule has 0 spiro atoms. The fraction of sp³-hybridized carbons (Fsp3) is 0.303. The molecule has 8 nitrogen and oxygen atoms in total. The van der Waals surface area contributed by atoms with E-state index in [9.17, 15) is 9.90 Å². The van der Waals surface area contributed by atoms with Crippen LogP contribution in [-0.2, 0) is 11.4 Å². The van der Waals surface area contributed by atoms with E-state index in [1.807, 2.05) is 36.4 Å². The number of hydrogen-bond donors (Lipinski definition) is 3. The second-order valence-corrected chi connectivity index (χ2v) is 11.1. The molecule has 0 aliphatic carbocycles. The Labute approximate surface area is 250 Å². The van der Waals surface area contributed by atoms with Gasteiger partial charge in [-0.25, -0.2) is 4.98 Å². The number of aromatic nitrogens is 1. The monoisotopic (exact) mass is 584 g/mol. The summed E-state index contributed by atoms with van der Waals surface area (Å²) in [5.41, 5.74) is 12.8. The smallest absolute Gasteiger partial charge is 0.306 e. The van der Waals surface area contributed by atoms with E-state index in [1.54, 1.807) is 11.3 Å². The molecule has 0 bridgehead atoms. The van der Waals surface area contributed by atoms with Crippen molar-refractivity contribution in [1.29, 1.82) is 5.26 Å². The summed E-state index contributed by atoms with van der Waals surface area (Å²) >= 11 is 1.59. The van der Waals surface area contributed by atoms with Crippen molar-refractivity contribution in [2.45, 2.75) is 33.3 Å². The van der Waals surface area contributed by atoms with Crippen molar-refractivity contribution in [2.75, 3.05) is 31.1 Å². The van der Waals surface area contributed by atoms with Crippen molar-refractivity contribution in [3.05, 3.63) is 88.3 Å². The summed E-state index contributed by atoms with van der Waals surface area (Å²) in [4.78, 5) is 18.4. The first kappa shape index (κ1) is 30.7. The predicted octanol–water partition coefficient (Wildman–Crippen LogP) is 5.78. The van der Waals surface area contributed by atoms with Gasteiger partial charge in [-0.15, -0.1) is 11.3 Å². The molecule has 1 fully saturated rings. The van der Waals surface area contributed by atoms with Crippen molar-refractivity contribution in [2.24, 2.45) is 11.7 Å². The lowest BCUT2D eigenvalue weighted by atomic mass is 9.97. The van der Waals surface area contributed by atoms with E-state index in [0.29, 0.717) is 44.6 Å². The summed E-state index contributed by atoms with van der Waals surface area (Å²) < 4.78 is 6.33. The molecule has 1 aromatic heterocycles. The number of ether oxygens (including phenoxy) is 1. The van der Waals surface area contributed by atoms with Crippen LogP contribution in [0.2, 0.25) is 0 Å². The fourth-order valence-electron chi connectivity index (χ4n) is 4.75. The average molecular weight is 585 g/mol. The maximum atomic E-state index is 11.3. The van der Waals surface area contributed by atoms with E-state index >= 15 is 0 Å². The van der Waals surface area contributed by atoms with E-state index in [2.05, 4.69) is 54.5 Å². The second kappa shape index (κ2) is 14.6. The largest absolute Gasteiger partial charge is 0.488 e. The number of carboxylic acids is 1. The number of aliphatic hydroxyl groups is 1. The molecule has 4 N–H and O–H groups in total. The standard InChI is InChI=1S/C31H29N3O3S.C2H7NO/c1-20-3-10-29(27(15-20)28-19-38-31(33-28)34-13-11-24(12-14-34)30(35)36)37-18-26-9-8-25(16-21(26)2)23-6-4-22(17-32)5-7-23;3-1-2-4/h3-10,15-16,19,24H,11-14,18H2,1-2H3,(H,35,36);4H,1-3H2. The van der Waals surface area contributed by atoms with Crippen LogP contribution in [0.5, 0.6) is 5.75 Å². The number of nitriles is 1. The molecule has 0 atom stereocenters. The van der Waals surface area contributed by atoms with Gasteiger partial charge < -0.3 is 25.6 Å². The van der Waals surface area contributed by atoms with Crippen LogP contribution in [0.15, 0.2) is 66.0 Å². The molecule has 3 aromatic carbocycles. The molecule has 5 rings (SSSR count). The van der Waals surface area contributed by atoms with Gasteiger partial charge >= 0.3 is 5.97 Å². The zero-order chi connectivity index (χ0) is 30.1. The van der Waals surface area contributed by atoms with Gasteiger partial charge in [-0.3, -0.25) is 4.79 Å². The van der Waals surface area contributed by atoms with Crippen LogP contribution in [0.3, 0.4) is 0 Å². The number of carbonyl (C=O) groups is 1. The normalized spacial score (nSPS) is 13.2. The van der Waals surface area contributed by atoms with Gasteiger partial charge in [0, 0.05) is 30.6 Å². The highest BCUT2D eigenvalue weighted by Gasteiger charge is 2.26. The summed E-state index contributed by atoms with van der Waals surface area (Å²) in [5.74, 6) is -0.179. The topological polar surface area (TPSA) is 133 Å². The summed E-state index contributed by atoms with van der Waals surface area (Å²) in [7, 11) is 0. The first-order chi connectivity index (χ1) is 20.3. The number of rotatable bonds is 8. The number of piperidine rings is 1. The van der Waals surface area contributed by atoms with Crippen molar-refractivity contribution in [3.8, 4) is 34.2 Å². The minimum Gasteiger partial charge on any atom is -0.488 e. The number of benzene rings is 3. The van der Waals surface area contributed by atoms with Gasteiger partial charge in [0.1, 0.15) is 12.4 Å². The zero-order valence-corrected chi connectivity index (χ0v) is 24.7. The molecule has 9 heteroatoms. The molecule has 42 heavy (non-hydrogen) atoms. The number of nitrogens with zero attached hydrogens (tertiary/aromatic N) is 3. The molecule has 2 heterocycles. The van der Waals surface area contributed by atoms with Gasteiger partial charge in [0.25, 0.3) is 0 Å². The van der Waals surface area contributed by atoms with Crippen LogP contribution in [0, 0.1) is 31.1 Å². The Kier molecular flexibility index (Phi) is 10.7. The number of hydrogen-bond acceptors (Lipinski definition) is 8. The Morgan fingerprint density at radius 1 is 1.10 bits per heavy atom. The molecule has 0 unspecified atom stereocenters. The van der Waals surface area contributed by atoms with E-state index in [4.69, 9.17) is 25.8 Å². The third-order valence-corrected chi connectivity index (χ3v) is 8.12. The summed E-state index contributed by atoms with van der Waals surface area (Å²) in [5, 5.41) is 29.0. The van der Waals surface area contributed by atoms with Crippen LogP contribution in [-0.4, -0.2) is 47.4 Å². The Hall–Kier alpha value is -4.23. The number of aliphatic hydroxyl groups excluding tert-OH is 1. The molecule has 1 aliphatic heterocycles. The zero-order valence-electron chi connectivity index (χ0n) is 23.9. The van der Waals surface area contributed by atoms with Gasteiger partial charge in [-0.05, 0) is 73.2 Å². The Balaban J connectivity index is 0.000000952. The first-order valence-corrected chi connectivity index (χ1v) is 14.8. The number of thiazole rings is 1. The second-order valence-electron chi connectivity index (χ2n) is 10.2. The Morgan fingerprint density at radius 3 is 2.40 bits per heavy atom. The maximum Gasteiger partial charge on any atom is 0.306 e. The summed E-state index contributed by atoms with van der Waals surface area (Å²) in [6.45, 7) is 6.47. The van der Waals surface area contributed by atoms with Crippen LogP contribution >= 0.6 is 11.3 Å². The quantitative estimate of drug-likeness (QED) is 0.237. The van der Waals surface area contributed by atoms with E-state index in [1.165, 1.54) is 0 Å². The van der Waals surface area contributed by atoms with E-state index < -0.39 is 5.97 Å². The number of anilines is 1. The van der Waals surface area contributed by atoms with Crippen molar-refractivity contribution in [3.63, 3.8) is 0 Å². The highest BCUT2D eigenvalue weighted by molar-refractivity contribution is 7.14. The molecular formula is C33H36N4O4S. The van der Waals surface area contributed by atoms with Crippen molar-refractivity contribution in [1.82, 2.24) is 4.98 Å². The lowest BCUT2D eigenvalue weighted by molar-refractivity contribution is -0.142. The molecule has 1 aliphatic rings. The van der Waals surface area contributed by atoms with E-state index in [-0.39, 0.29) is 12.5 Å². The predicted molar refractivity (Wildman–Crippen MR) is 167 cm³/mol. The highest BCUT2D eigenvalue weighted by atomic mass is 32.1. The van der Waals surface area contributed by atoms with E-state index in [0.717, 1.165) is 50.0 Å². The summed E-state index contributed by atoms with van der Waals surface area (Å²) in [6, 6.07) is 22.3. The van der Waals surface area contributed by atoms with Gasteiger partial charge in [-0.1, -0.05) is 42.0 Å². The Morgan fingerprint density at radius 2 is 1.79 bits per heavy atom. The number of aryl methyl sites for hydroxylation is 2. The highest BCUT2D eigenvalue weighted by Crippen LogP contribution is 2.36. The molecule has 0 radical (unpaired) electrons. The average Bonchev–Trinajstić information content (AvgIpc) is 3.51. The first-order valence-electron chi connectivity index (χ1n) is 13.9. The van der Waals surface area contributed by atoms with Crippen LogP contribution < -0.4 is 15.4 Å². The third-order valence-electron chi connectivity index (χ3n) is 7.22. The minimum absolute atomic E-state index is 0.0972. The third kappa shape index (κ3) is 7.74. The van der Waals surface area contributed by atoms with Gasteiger partial charge in [-0.2, -0.15) is 5.26 Å².